The number of Topliss-reactive ketones (excluding diaryl/α,β-unsaturated/α-hetero) is 1. The lowest BCUT2D eigenvalue weighted by Gasteiger charge is -2.17. The zero-order valence-corrected chi connectivity index (χ0v) is 20.8. The molecule has 0 aromatic heterocycles. The van der Waals surface area contributed by atoms with Gasteiger partial charge in [0.1, 0.15) is 0 Å². The fourth-order valence-corrected chi connectivity index (χ4v) is 3.15. The van der Waals surface area contributed by atoms with E-state index in [0.29, 0.717) is 60.1 Å². The summed E-state index contributed by atoms with van der Waals surface area (Å²) in [5.74, 6) is 0.503. The van der Waals surface area contributed by atoms with Gasteiger partial charge in [0, 0.05) is 6.07 Å². The number of ether oxygens (including phenoxy) is 4. The second-order valence-corrected chi connectivity index (χ2v) is 7.24. The molecule has 1 atom stereocenters. The van der Waals surface area contributed by atoms with E-state index in [9.17, 15) is 9.59 Å². The van der Waals surface area contributed by atoms with Crippen LogP contribution in [0.1, 0.15) is 34.6 Å². The quantitative estimate of drug-likeness (QED) is 0.288. The van der Waals surface area contributed by atoms with Crippen LogP contribution in [0.15, 0.2) is 40.6 Å². The molecule has 1 N–H and O–H groups in total. The van der Waals surface area contributed by atoms with Crippen LogP contribution in [0.5, 0.6) is 23.0 Å². The summed E-state index contributed by atoms with van der Waals surface area (Å²) in [4.78, 5) is 25.1. The maximum atomic E-state index is 12.9. The molecule has 0 aliphatic heterocycles. The van der Waals surface area contributed by atoms with Crippen molar-refractivity contribution in [1.82, 2.24) is 0 Å². The molecule has 0 saturated carbocycles. The van der Waals surface area contributed by atoms with Gasteiger partial charge < -0.3 is 24.3 Å². The van der Waals surface area contributed by atoms with Gasteiger partial charge in [0.15, 0.2) is 28.8 Å². The number of rotatable bonds is 13. The molecule has 0 aliphatic carbocycles. The molecule has 184 valence electrons. The molecule has 0 saturated heterocycles. The maximum Gasteiger partial charge on any atom is 0.258 e. The van der Waals surface area contributed by atoms with Crippen molar-refractivity contribution in [3.05, 3.63) is 35.4 Å². The highest BCUT2D eigenvalue weighted by Gasteiger charge is 2.26. The molecule has 10 heteroatoms. The third kappa shape index (κ3) is 7.08. The Morgan fingerprint density at radius 3 is 2.12 bits per heavy atom. The number of anilines is 1. The summed E-state index contributed by atoms with van der Waals surface area (Å²) in [5, 5.41) is 11.1. The molecule has 34 heavy (non-hydrogen) atoms. The minimum Gasteiger partial charge on any atom is -0.490 e. The molecule has 9 nitrogen and oxygen atoms in total. The van der Waals surface area contributed by atoms with E-state index in [1.165, 1.54) is 6.92 Å². The normalized spacial score (nSPS) is 11.7. The molecule has 0 fully saturated rings. The van der Waals surface area contributed by atoms with Crippen LogP contribution in [0.3, 0.4) is 0 Å². The van der Waals surface area contributed by atoms with E-state index in [0.717, 1.165) is 0 Å². The van der Waals surface area contributed by atoms with E-state index in [4.69, 9.17) is 30.5 Å². The Morgan fingerprint density at radius 1 is 0.882 bits per heavy atom. The average Bonchev–Trinajstić information content (AvgIpc) is 2.80. The number of ketones is 1. The third-order valence-corrected chi connectivity index (χ3v) is 4.65. The monoisotopic (exact) mass is 491 g/mol. The van der Waals surface area contributed by atoms with Crippen LogP contribution >= 0.6 is 11.6 Å². The second kappa shape index (κ2) is 13.4. The first-order valence-electron chi connectivity index (χ1n) is 11.1. The Bertz CT molecular complexity index is 1030. The number of nitrogens with one attached hydrogen (secondary N) is 1. The molecule has 1 unspecified atom stereocenters. The summed E-state index contributed by atoms with van der Waals surface area (Å²) in [7, 11) is 0. The van der Waals surface area contributed by atoms with E-state index in [2.05, 4.69) is 15.5 Å². The lowest BCUT2D eigenvalue weighted by Crippen LogP contribution is -2.32. The number of hydrogen-bond acceptors (Lipinski definition) is 8. The van der Waals surface area contributed by atoms with E-state index in [-0.39, 0.29) is 5.75 Å². The van der Waals surface area contributed by atoms with Gasteiger partial charge in [0.2, 0.25) is 6.04 Å². The first-order chi connectivity index (χ1) is 16.4. The number of carbonyl (C=O) groups excluding carboxylic acids is 2. The van der Waals surface area contributed by atoms with Crippen molar-refractivity contribution in [3.63, 3.8) is 0 Å². The highest BCUT2D eigenvalue weighted by Crippen LogP contribution is 2.41. The van der Waals surface area contributed by atoms with Crippen LogP contribution in [0, 0.1) is 0 Å². The SMILES string of the molecule is CCOc1ccc(N=NC(C(C)=O)C(=O)Nc2ccc(Cl)c(OCC)c2OCC)cc1OCC. The molecule has 2 rings (SSSR count). The summed E-state index contributed by atoms with van der Waals surface area (Å²) < 4.78 is 22.3. The summed E-state index contributed by atoms with van der Waals surface area (Å²) in [5.41, 5.74) is 0.715. The average molecular weight is 492 g/mol. The summed E-state index contributed by atoms with van der Waals surface area (Å²) in [6.07, 6.45) is 0. The molecule has 0 spiro atoms. The maximum absolute atomic E-state index is 12.9. The fourth-order valence-electron chi connectivity index (χ4n) is 2.95. The van der Waals surface area contributed by atoms with Crippen LogP contribution in [0.2, 0.25) is 5.02 Å². The van der Waals surface area contributed by atoms with Gasteiger partial charge in [-0.05, 0) is 58.9 Å². The molecular formula is C24H30ClN3O6. The van der Waals surface area contributed by atoms with Crippen LogP contribution in [0.25, 0.3) is 0 Å². The largest absolute Gasteiger partial charge is 0.490 e. The highest BCUT2D eigenvalue weighted by molar-refractivity contribution is 6.32. The Hall–Kier alpha value is -3.33. The van der Waals surface area contributed by atoms with Gasteiger partial charge in [0.05, 0.1) is 42.8 Å². The number of amides is 1. The van der Waals surface area contributed by atoms with Crippen molar-refractivity contribution in [1.29, 1.82) is 0 Å². The zero-order valence-electron chi connectivity index (χ0n) is 20.0. The predicted octanol–water partition coefficient (Wildman–Crippen LogP) is 5.61. The van der Waals surface area contributed by atoms with Crippen molar-refractivity contribution in [2.75, 3.05) is 31.7 Å². The van der Waals surface area contributed by atoms with Crippen LogP contribution in [0.4, 0.5) is 11.4 Å². The van der Waals surface area contributed by atoms with E-state index in [1.54, 1.807) is 44.2 Å². The first-order valence-corrected chi connectivity index (χ1v) is 11.4. The van der Waals surface area contributed by atoms with Gasteiger partial charge in [0.25, 0.3) is 5.91 Å². The van der Waals surface area contributed by atoms with Crippen molar-refractivity contribution in [2.45, 2.75) is 40.7 Å². The summed E-state index contributed by atoms with van der Waals surface area (Å²) >= 11 is 6.22. The molecule has 2 aromatic rings. The van der Waals surface area contributed by atoms with E-state index in [1.807, 2.05) is 13.8 Å². The van der Waals surface area contributed by atoms with E-state index < -0.39 is 17.7 Å². The lowest BCUT2D eigenvalue weighted by atomic mass is 10.2. The van der Waals surface area contributed by atoms with Crippen molar-refractivity contribution >= 4 is 34.7 Å². The molecule has 0 aliphatic rings. The molecule has 2 aromatic carbocycles. The Labute approximate surface area is 204 Å². The molecule has 1 amide bonds. The molecule has 0 heterocycles. The Morgan fingerprint density at radius 2 is 1.50 bits per heavy atom. The minimum absolute atomic E-state index is 0.275. The fraction of sp³-hybridized carbons (Fsp3) is 0.417. The lowest BCUT2D eigenvalue weighted by molar-refractivity contribution is -0.126. The first kappa shape index (κ1) is 26.9. The van der Waals surface area contributed by atoms with Crippen molar-refractivity contribution in [2.24, 2.45) is 10.2 Å². The predicted molar refractivity (Wildman–Crippen MR) is 130 cm³/mol. The van der Waals surface area contributed by atoms with Gasteiger partial charge in [-0.3, -0.25) is 9.59 Å². The number of azo groups is 1. The third-order valence-electron chi connectivity index (χ3n) is 4.35. The number of carbonyl (C=O) groups is 2. The van der Waals surface area contributed by atoms with Gasteiger partial charge in [-0.2, -0.15) is 10.2 Å². The highest BCUT2D eigenvalue weighted by atomic mass is 35.5. The molecule has 0 bridgehead atoms. The Kier molecular flexibility index (Phi) is 10.6. The standard InChI is InChI=1S/C24H30ClN3O6/c1-6-31-19-13-10-16(14-20(19)32-7-2)27-28-21(15(5)29)24(30)26-18-12-11-17(25)22(33-8-3)23(18)34-9-4/h10-14,21H,6-9H2,1-5H3,(H,26,30). The van der Waals surface area contributed by atoms with Gasteiger partial charge in [-0.1, -0.05) is 11.6 Å². The Balaban J connectivity index is 2.30. The summed E-state index contributed by atoms with van der Waals surface area (Å²) in [6, 6.07) is 6.76. The topological polar surface area (TPSA) is 108 Å². The molecule has 0 radical (unpaired) electrons. The van der Waals surface area contributed by atoms with Crippen LogP contribution < -0.4 is 24.3 Å². The number of nitrogens with zero attached hydrogens (tertiary/aromatic N) is 2. The van der Waals surface area contributed by atoms with Crippen LogP contribution in [-0.4, -0.2) is 44.2 Å². The van der Waals surface area contributed by atoms with Gasteiger partial charge >= 0.3 is 0 Å². The van der Waals surface area contributed by atoms with Crippen LogP contribution in [-0.2, 0) is 9.59 Å². The van der Waals surface area contributed by atoms with Gasteiger partial charge in [-0.15, -0.1) is 0 Å². The number of hydrogen-bond donors (Lipinski definition) is 1. The molecular weight excluding hydrogens is 462 g/mol. The van der Waals surface area contributed by atoms with Crippen molar-refractivity contribution in [3.8, 4) is 23.0 Å². The number of halogens is 1. The smallest absolute Gasteiger partial charge is 0.258 e. The van der Waals surface area contributed by atoms with E-state index >= 15 is 0 Å². The number of benzene rings is 2. The van der Waals surface area contributed by atoms with Gasteiger partial charge in [-0.25, -0.2) is 0 Å². The summed E-state index contributed by atoms with van der Waals surface area (Å²) in [6.45, 7) is 10.2. The zero-order chi connectivity index (χ0) is 25.1. The minimum atomic E-state index is -1.37. The van der Waals surface area contributed by atoms with Crippen molar-refractivity contribution < 1.29 is 28.5 Å². The second-order valence-electron chi connectivity index (χ2n) is 6.83.